The first-order valence-electron chi connectivity index (χ1n) is 3.48. The quantitative estimate of drug-likeness (QED) is 0.570. The van der Waals surface area contributed by atoms with Crippen LogP contribution in [0.4, 0.5) is 0 Å². The van der Waals surface area contributed by atoms with Crippen LogP contribution in [-0.2, 0) is 0 Å². The Morgan fingerprint density at radius 2 is 2.50 bits per heavy atom. The van der Waals surface area contributed by atoms with Gasteiger partial charge < -0.3 is 5.11 Å². The minimum atomic E-state index is -0.0347. The van der Waals surface area contributed by atoms with Gasteiger partial charge in [0.15, 0.2) is 0 Å². The van der Waals surface area contributed by atoms with Gasteiger partial charge in [0.25, 0.3) is 0 Å². The largest absolute Gasteiger partial charge is 0.394 e. The van der Waals surface area contributed by atoms with E-state index < -0.39 is 0 Å². The van der Waals surface area contributed by atoms with Gasteiger partial charge in [0.05, 0.1) is 17.9 Å². The summed E-state index contributed by atoms with van der Waals surface area (Å²) in [6.07, 6.45) is 0.877. The predicted octanol–water partition coefficient (Wildman–Crippen LogP) is 0.370. The highest BCUT2D eigenvalue weighted by molar-refractivity contribution is 4.79. The van der Waals surface area contributed by atoms with Gasteiger partial charge in [-0.2, -0.15) is 0 Å². The minimum absolute atomic E-state index is 0.0347. The van der Waals surface area contributed by atoms with E-state index in [4.69, 9.17) is 5.11 Å². The van der Waals surface area contributed by atoms with E-state index in [1.807, 2.05) is 6.92 Å². The Morgan fingerprint density at radius 1 is 1.80 bits per heavy atom. The van der Waals surface area contributed by atoms with Crippen LogP contribution in [0.5, 0.6) is 0 Å². The topological polar surface area (TPSA) is 52.9 Å². The van der Waals surface area contributed by atoms with Crippen molar-refractivity contribution < 1.29 is 5.11 Å². The molecule has 0 radical (unpaired) electrons. The molecule has 0 aromatic carbocycles. The van der Waals surface area contributed by atoms with E-state index in [1.54, 1.807) is 0 Å². The second kappa shape index (κ2) is 2.96. The Hall–Kier alpha value is -0.640. The Kier molecular flexibility index (Phi) is 2.21. The summed E-state index contributed by atoms with van der Waals surface area (Å²) >= 11 is 0. The molecule has 4 heteroatoms. The standard InChI is InChI=1S/C6H12N2O2/c1-5-2-6(4-9)8(3-5)7-10/h5-6,9H,2-4H2,1H3/t5-,6+/m1/s1. The van der Waals surface area contributed by atoms with Crippen LogP contribution in [0.25, 0.3) is 0 Å². The Balaban J connectivity index is 2.48. The van der Waals surface area contributed by atoms with Gasteiger partial charge >= 0.3 is 0 Å². The molecule has 1 rings (SSSR count). The monoisotopic (exact) mass is 144 g/mol. The summed E-state index contributed by atoms with van der Waals surface area (Å²) in [6, 6.07) is -0.0347. The van der Waals surface area contributed by atoms with Crippen molar-refractivity contribution in [1.29, 1.82) is 0 Å². The lowest BCUT2D eigenvalue weighted by atomic mass is 10.1. The van der Waals surface area contributed by atoms with Crippen LogP contribution in [0, 0.1) is 10.8 Å². The molecule has 1 aliphatic rings. The molecule has 1 saturated heterocycles. The smallest absolute Gasteiger partial charge is 0.0736 e. The van der Waals surface area contributed by atoms with E-state index in [9.17, 15) is 4.91 Å². The van der Waals surface area contributed by atoms with Crippen molar-refractivity contribution in [2.45, 2.75) is 19.4 Å². The van der Waals surface area contributed by atoms with E-state index >= 15 is 0 Å². The van der Waals surface area contributed by atoms with Gasteiger partial charge in [-0.3, -0.25) is 5.01 Å². The van der Waals surface area contributed by atoms with E-state index in [1.165, 1.54) is 5.01 Å². The number of nitrogens with zero attached hydrogens (tertiary/aromatic N) is 2. The lowest BCUT2D eigenvalue weighted by molar-refractivity contribution is 0.161. The first kappa shape index (κ1) is 7.47. The average Bonchev–Trinajstić information content (AvgIpc) is 2.30. The van der Waals surface area contributed by atoms with Gasteiger partial charge in [-0.25, -0.2) is 0 Å². The van der Waals surface area contributed by atoms with Crippen LogP contribution in [0.3, 0.4) is 0 Å². The molecule has 58 valence electrons. The van der Waals surface area contributed by atoms with Gasteiger partial charge in [0.1, 0.15) is 0 Å². The van der Waals surface area contributed by atoms with Crippen molar-refractivity contribution >= 4 is 0 Å². The highest BCUT2D eigenvalue weighted by Crippen LogP contribution is 2.21. The summed E-state index contributed by atoms with van der Waals surface area (Å²) in [6.45, 7) is 2.78. The molecule has 0 saturated carbocycles. The van der Waals surface area contributed by atoms with E-state index in [0.717, 1.165) is 6.42 Å². The SMILES string of the molecule is C[C@@H]1C[C@@H](CO)N(N=O)C1. The summed E-state index contributed by atoms with van der Waals surface area (Å²) in [5.74, 6) is 0.481. The second-order valence-corrected chi connectivity index (χ2v) is 2.88. The Morgan fingerprint density at radius 3 is 2.90 bits per heavy atom. The first-order chi connectivity index (χ1) is 4.77. The van der Waals surface area contributed by atoms with Gasteiger partial charge in [0, 0.05) is 6.54 Å². The molecule has 0 aromatic heterocycles. The molecule has 0 aliphatic carbocycles. The molecule has 10 heavy (non-hydrogen) atoms. The van der Waals surface area contributed by atoms with Gasteiger partial charge in [0.2, 0.25) is 0 Å². The second-order valence-electron chi connectivity index (χ2n) is 2.88. The van der Waals surface area contributed by atoms with Crippen molar-refractivity contribution in [2.75, 3.05) is 13.2 Å². The molecule has 1 aliphatic heterocycles. The molecule has 0 amide bonds. The normalized spacial score (nSPS) is 32.8. The first-order valence-corrected chi connectivity index (χ1v) is 3.48. The summed E-state index contributed by atoms with van der Waals surface area (Å²) in [4.78, 5) is 10.1. The van der Waals surface area contributed by atoms with Crippen LogP contribution in [0.1, 0.15) is 13.3 Å². The maximum Gasteiger partial charge on any atom is 0.0736 e. The number of aliphatic hydroxyl groups is 1. The molecule has 2 atom stereocenters. The Labute approximate surface area is 59.8 Å². The molecule has 0 bridgehead atoms. The molecule has 0 spiro atoms. The molecular formula is C6H12N2O2. The molecule has 0 aromatic rings. The number of nitroso groups, excluding NO2 is 1. The highest BCUT2D eigenvalue weighted by atomic mass is 16.3. The van der Waals surface area contributed by atoms with Crippen molar-refractivity contribution in [3.63, 3.8) is 0 Å². The van der Waals surface area contributed by atoms with E-state index in [0.29, 0.717) is 12.5 Å². The third-order valence-electron chi connectivity index (χ3n) is 1.91. The van der Waals surface area contributed by atoms with Crippen LogP contribution in [-0.4, -0.2) is 29.3 Å². The fraction of sp³-hybridized carbons (Fsp3) is 1.00. The maximum atomic E-state index is 10.1. The average molecular weight is 144 g/mol. The van der Waals surface area contributed by atoms with Crippen molar-refractivity contribution in [3.05, 3.63) is 4.91 Å². The molecule has 1 fully saturated rings. The van der Waals surface area contributed by atoms with Crippen molar-refractivity contribution in [1.82, 2.24) is 5.01 Å². The third kappa shape index (κ3) is 1.26. The van der Waals surface area contributed by atoms with Crippen LogP contribution in [0.2, 0.25) is 0 Å². The van der Waals surface area contributed by atoms with E-state index in [-0.39, 0.29) is 12.6 Å². The molecule has 0 unspecified atom stereocenters. The number of hydrogen-bond acceptors (Lipinski definition) is 3. The van der Waals surface area contributed by atoms with E-state index in [2.05, 4.69) is 5.29 Å². The van der Waals surface area contributed by atoms with Crippen LogP contribution >= 0.6 is 0 Å². The Bertz CT molecular complexity index is 129. The zero-order chi connectivity index (χ0) is 7.56. The summed E-state index contributed by atoms with van der Waals surface area (Å²) in [7, 11) is 0. The van der Waals surface area contributed by atoms with Crippen LogP contribution in [0.15, 0.2) is 5.29 Å². The maximum absolute atomic E-state index is 10.1. The van der Waals surface area contributed by atoms with Gasteiger partial charge in [-0.15, -0.1) is 4.91 Å². The fourth-order valence-corrected chi connectivity index (χ4v) is 1.40. The lowest BCUT2D eigenvalue weighted by Gasteiger charge is -2.13. The summed E-state index contributed by atoms with van der Waals surface area (Å²) in [5.41, 5.74) is 0. The molecule has 4 nitrogen and oxygen atoms in total. The number of hydrogen-bond donors (Lipinski definition) is 1. The predicted molar refractivity (Wildman–Crippen MR) is 37.2 cm³/mol. The molecular weight excluding hydrogens is 132 g/mol. The molecule has 1 heterocycles. The highest BCUT2D eigenvalue weighted by Gasteiger charge is 2.28. The van der Waals surface area contributed by atoms with Crippen LogP contribution < -0.4 is 0 Å². The molecule has 1 N–H and O–H groups in total. The van der Waals surface area contributed by atoms with Crippen molar-refractivity contribution in [2.24, 2.45) is 11.2 Å². The number of rotatable bonds is 2. The van der Waals surface area contributed by atoms with Gasteiger partial charge in [-0.05, 0) is 12.3 Å². The van der Waals surface area contributed by atoms with Crippen molar-refractivity contribution in [3.8, 4) is 0 Å². The zero-order valence-electron chi connectivity index (χ0n) is 6.03. The zero-order valence-corrected chi connectivity index (χ0v) is 6.03. The minimum Gasteiger partial charge on any atom is -0.394 e. The van der Waals surface area contributed by atoms with Gasteiger partial charge in [-0.1, -0.05) is 6.92 Å². The lowest BCUT2D eigenvalue weighted by Crippen LogP contribution is -2.26. The fourth-order valence-electron chi connectivity index (χ4n) is 1.40. The number of aliphatic hydroxyl groups excluding tert-OH is 1. The summed E-state index contributed by atoms with van der Waals surface area (Å²) < 4.78 is 0. The summed E-state index contributed by atoms with van der Waals surface area (Å²) in [5, 5.41) is 13.0. The third-order valence-corrected chi connectivity index (χ3v) is 1.91.